The van der Waals surface area contributed by atoms with E-state index in [2.05, 4.69) is 15.4 Å². The first kappa shape index (κ1) is 36.5. The molecule has 0 unspecified atom stereocenters. The van der Waals surface area contributed by atoms with Crippen LogP contribution in [-0.4, -0.2) is 63.3 Å². The molecule has 3 atom stereocenters. The Hall–Kier alpha value is -3.70. The van der Waals surface area contributed by atoms with Gasteiger partial charge in [0.15, 0.2) is 0 Å². The third kappa shape index (κ3) is 8.69. The van der Waals surface area contributed by atoms with Crippen molar-refractivity contribution in [3.63, 3.8) is 0 Å². The first-order chi connectivity index (χ1) is 20.2. The van der Waals surface area contributed by atoms with E-state index in [9.17, 15) is 22.8 Å². The highest BCUT2D eigenvalue weighted by Crippen LogP contribution is 2.29. The van der Waals surface area contributed by atoms with Crippen molar-refractivity contribution in [2.24, 2.45) is 11.3 Å². The maximum atomic E-state index is 14.1. The van der Waals surface area contributed by atoms with Crippen LogP contribution in [0.2, 0.25) is 0 Å². The molecule has 0 aliphatic rings. The summed E-state index contributed by atoms with van der Waals surface area (Å²) in [5.41, 5.74) is 5.66. The summed E-state index contributed by atoms with van der Waals surface area (Å²) in [7, 11) is -0.884. The van der Waals surface area contributed by atoms with E-state index in [0.717, 1.165) is 5.56 Å². The summed E-state index contributed by atoms with van der Waals surface area (Å²) in [6.07, 6.45) is 1.57. The van der Waals surface area contributed by atoms with Crippen molar-refractivity contribution in [1.82, 2.24) is 20.3 Å². The molecule has 2 aromatic carbocycles. The number of likely N-dealkylation sites (N-methyl/N-ethyl adjacent to an activating group) is 2. The van der Waals surface area contributed by atoms with Crippen LogP contribution < -0.4 is 21.1 Å². The molecule has 11 heteroatoms. The molecule has 0 aromatic heterocycles. The van der Waals surface area contributed by atoms with Crippen molar-refractivity contribution in [2.45, 2.75) is 83.8 Å². The van der Waals surface area contributed by atoms with Gasteiger partial charge in [-0.1, -0.05) is 97.0 Å². The molecule has 0 saturated heterocycles. The summed E-state index contributed by atoms with van der Waals surface area (Å²) in [4.78, 5) is 42.1. The minimum atomic E-state index is -4.22. The van der Waals surface area contributed by atoms with Crippen LogP contribution >= 0.6 is 0 Å². The average Bonchev–Trinajstić information content (AvgIpc) is 2.93. The zero-order chi connectivity index (χ0) is 33.6. The Labute approximate surface area is 262 Å². The van der Waals surface area contributed by atoms with Crippen LogP contribution in [0.15, 0.2) is 71.1 Å². The number of rotatable bonds is 12. The number of nitrogens with two attached hydrogens (primary N) is 1. The number of benzene rings is 2. The Morgan fingerprint density at radius 2 is 1.45 bits per heavy atom. The topological polar surface area (TPSA) is 151 Å². The van der Waals surface area contributed by atoms with Gasteiger partial charge in [0.25, 0.3) is 15.9 Å². The molecule has 242 valence electrons. The Morgan fingerprint density at radius 1 is 0.909 bits per heavy atom. The smallest absolute Gasteiger partial charge is 0.266 e. The predicted molar refractivity (Wildman–Crippen MR) is 175 cm³/mol. The van der Waals surface area contributed by atoms with Gasteiger partial charge in [0.2, 0.25) is 11.8 Å². The third-order valence-corrected chi connectivity index (χ3v) is 9.29. The monoisotopic (exact) mass is 627 g/mol. The molecule has 0 heterocycles. The number of sulfonamides is 1. The summed E-state index contributed by atoms with van der Waals surface area (Å²) < 4.78 is 27.7. The molecular formula is C33H49N5O5S. The lowest BCUT2D eigenvalue weighted by atomic mass is 9.76. The number of carbonyl (C=O) groups is 3. The lowest BCUT2D eigenvalue weighted by Gasteiger charge is -2.40. The summed E-state index contributed by atoms with van der Waals surface area (Å²) >= 11 is 0. The normalized spacial score (nSPS) is 14.8. The number of para-hydroxylation sites is 1. The average molecular weight is 628 g/mol. The number of nitrogen functional groups attached to an aromatic ring is 1. The highest BCUT2D eigenvalue weighted by Gasteiger charge is 2.41. The van der Waals surface area contributed by atoms with Crippen molar-refractivity contribution in [3.8, 4) is 0 Å². The molecule has 0 spiro atoms. The quantitative estimate of drug-likeness (QED) is 0.207. The first-order valence-electron chi connectivity index (χ1n) is 14.7. The summed E-state index contributed by atoms with van der Waals surface area (Å²) in [5, 5.41) is 6.14. The number of nitrogens with one attached hydrogen (secondary N) is 3. The summed E-state index contributed by atoms with van der Waals surface area (Å²) in [5.74, 6) is -1.64. The van der Waals surface area contributed by atoms with Crippen molar-refractivity contribution < 1.29 is 22.8 Å². The van der Waals surface area contributed by atoms with Gasteiger partial charge in [0.05, 0.1) is 17.8 Å². The van der Waals surface area contributed by atoms with Crippen LogP contribution in [0.4, 0.5) is 5.69 Å². The molecule has 0 bridgehead atoms. The van der Waals surface area contributed by atoms with Gasteiger partial charge in [-0.2, -0.15) is 0 Å². The van der Waals surface area contributed by atoms with E-state index in [-0.39, 0.29) is 33.9 Å². The van der Waals surface area contributed by atoms with E-state index in [1.54, 1.807) is 26.2 Å². The lowest BCUT2D eigenvalue weighted by Crippen LogP contribution is -2.61. The number of carbonyl (C=O) groups excluding carboxylic acids is 3. The van der Waals surface area contributed by atoms with Crippen LogP contribution in [0.5, 0.6) is 0 Å². The molecule has 2 rings (SSSR count). The van der Waals surface area contributed by atoms with Crippen LogP contribution in [0.25, 0.3) is 0 Å². The van der Waals surface area contributed by atoms with Gasteiger partial charge in [0, 0.05) is 18.0 Å². The fourth-order valence-electron chi connectivity index (χ4n) is 5.14. The summed E-state index contributed by atoms with van der Waals surface area (Å²) in [6, 6.07) is 13.4. The predicted octanol–water partition coefficient (Wildman–Crippen LogP) is 3.60. The fourth-order valence-corrected chi connectivity index (χ4v) is 6.30. The fraction of sp³-hybridized carbons (Fsp3) is 0.485. The Morgan fingerprint density at radius 3 is 1.95 bits per heavy atom. The van der Waals surface area contributed by atoms with Crippen LogP contribution in [0, 0.1) is 11.3 Å². The van der Waals surface area contributed by atoms with Gasteiger partial charge in [-0.3, -0.25) is 14.4 Å². The van der Waals surface area contributed by atoms with Crippen molar-refractivity contribution in [1.29, 1.82) is 0 Å². The molecule has 10 nitrogen and oxygen atoms in total. The molecule has 3 amide bonds. The molecule has 2 aromatic rings. The minimum absolute atomic E-state index is 0.0164. The maximum Gasteiger partial charge on any atom is 0.266 e. The van der Waals surface area contributed by atoms with E-state index < -0.39 is 44.9 Å². The van der Waals surface area contributed by atoms with Gasteiger partial charge in [-0.05, 0) is 43.0 Å². The number of hydrogen-bond acceptors (Lipinski definition) is 7. The number of hydrogen-bond donors (Lipinski definition) is 4. The molecule has 0 aliphatic carbocycles. The van der Waals surface area contributed by atoms with Crippen molar-refractivity contribution in [3.05, 3.63) is 71.8 Å². The van der Waals surface area contributed by atoms with Crippen LogP contribution in [0.3, 0.4) is 0 Å². The molecule has 0 radical (unpaired) electrons. The lowest BCUT2D eigenvalue weighted by molar-refractivity contribution is -0.140. The zero-order valence-electron chi connectivity index (χ0n) is 27.6. The van der Waals surface area contributed by atoms with Crippen LogP contribution in [-0.2, 0) is 29.8 Å². The van der Waals surface area contributed by atoms with Crippen molar-refractivity contribution in [2.75, 3.05) is 19.8 Å². The maximum absolute atomic E-state index is 14.1. The second-order valence-electron chi connectivity index (χ2n) is 13.1. The van der Waals surface area contributed by atoms with E-state index >= 15 is 0 Å². The summed E-state index contributed by atoms with van der Waals surface area (Å²) in [6.45, 7) is 14.8. The van der Waals surface area contributed by atoms with E-state index in [0.29, 0.717) is 0 Å². The van der Waals surface area contributed by atoms with Gasteiger partial charge in [-0.25, -0.2) is 13.1 Å². The molecule has 5 N–H and O–H groups in total. The van der Waals surface area contributed by atoms with Gasteiger partial charge >= 0.3 is 0 Å². The highest BCUT2D eigenvalue weighted by molar-refractivity contribution is 7.90. The number of nitrogens with zero attached hydrogens (tertiary/aromatic N) is 1. The Balaban J connectivity index is 2.34. The molecule has 44 heavy (non-hydrogen) atoms. The molecule has 0 aliphatic heterocycles. The van der Waals surface area contributed by atoms with Gasteiger partial charge < -0.3 is 21.3 Å². The Bertz CT molecular complexity index is 1460. The molecule has 0 fully saturated rings. The van der Waals surface area contributed by atoms with Gasteiger partial charge in [-0.15, -0.1) is 0 Å². The van der Waals surface area contributed by atoms with E-state index in [1.807, 2.05) is 78.8 Å². The standard InChI is InChI=1S/C33H49N5O5S/c1-21(2)25(20-22(3)29(39)37-44(42,43)26-19-15-14-18-24(26)34)38(10)31(41)28(32(4,5)6)36-30(40)27(35-9)33(7,8)23-16-12-11-13-17-23/h11-21,25,27-28,35H,34H2,1-10H3,(H,36,40)(H,37,39)/b22-20+/t25-,27-,28-/m1/s1. The number of amides is 3. The largest absolute Gasteiger partial charge is 0.398 e. The molecule has 0 saturated carbocycles. The number of anilines is 1. The highest BCUT2D eigenvalue weighted by atomic mass is 32.2. The molecular weight excluding hydrogens is 578 g/mol. The third-order valence-electron chi connectivity index (χ3n) is 7.88. The van der Waals surface area contributed by atoms with Crippen LogP contribution in [0.1, 0.15) is 61.0 Å². The first-order valence-corrected chi connectivity index (χ1v) is 16.1. The zero-order valence-corrected chi connectivity index (χ0v) is 28.4. The minimum Gasteiger partial charge on any atom is -0.398 e. The van der Waals surface area contributed by atoms with E-state index in [1.165, 1.54) is 30.0 Å². The second kappa shape index (κ2) is 14.4. The Kier molecular flexibility index (Phi) is 11.9. The van der Waals surface area contributed by atoms with E-state index in [4.69, 9.17) is 5.73 Å². The SMILES string of the molecule is CN[C@H](C(=O)N[C@H](C(=O)N(C)[C@H](/C=C(\C)C(=O)NS(=O)(=O)c1ccccc1N)C(C)C)C(C)(C)C)C(C)(C)c1ccccc1. The van der Waals surface area contributed by atoms with Gasteiger partial charge in [0.1, 0.15) is 10.9 Å². The second-order valence-corrected chi connectivity index (χ2v) is 14.8. The van der Waals surface area contributed by atoms with Crippen molar-refractivity contribution >= 4 is 33.4 Å².